The Morgan fingerprint density at radius 3 is 2.34 bits per heavy atom. The molecular weight excluding hydrogens is 438 g/mol. The maximum atomic E-state index is 12.3. The third kappa shape index (κ3) is 4.54. The molecule has 0 atom stereocenters. The fourth-order valence-electron chi connectivity index (χ4n) is 4.33. The zero-order chi connectivity index (χ0) is 24.4. The van der Waals surface area contributed by atoms with Gasteiger partial charge in [-0.25, -0.2) is 0 Å². The molecule has 1 saturated heterocycles. The van der Waals surface area contributed by atoms with Gasteiger partial charge in [-0.15, -0.1) is 5.11 Å². The van der Waals surface area contributed by atoms with Crippen LogP contribution in [0.4, 0.5) is 5.69 Å². The number of likely N-dealkylation sites (N-methyl/N-ethyl adjacent to an activating group) is 1. The number of nitrogens with zero attached hydrogens (tertiary/aromatic N) is 7. The molecule has 5 rings (SSSR count). The predicted octanol–water partition coefficient (Wildman–Crippen LogP) is 4.45. The Morgan fingerprint density at radius 2 is 1.66 bits per heavy atom. The number of nitriles is 1. The van der Waals surface area contributed by atoms with Crippen LogP contribution in [0.2, 0.25) is 0 Å². The Labute approximate surface area is 203 Å². The van der Waals surface area contributed by atoms with Gasteiger partial charge in [0, 0.05) is 30.4 Å². The number of rotatable bonds is 4. The standard InChI is InChI=1S/C27H25N7O/c1-19-16-26(35)29-27-24(18-28)23(20-6-4-3-5-7-20)17-25(34(19)27)21-8-10-22(11-9-21)30-31-33-14-12-32(2)13-15-33/h3-11,16-17H,12-15H2,1-2H3. The van der Waals surface area contributed by atoms with E-state index in [1.807, 2.05) is 77.0 Å². The second kappa shape index (κ2) is 9.49. The normalized spacial score (nSPS) is 14.5. The van der Waals surface area contributed by atoms with Gasteiger partial charge in [0.1, 0.15) is 11.6 Å². The van der Waals surface area contributed by atoms with Gasteiger partial charge >= 0.3 is 0 Å². The second-order valence-electron chi connectivity index (χ2n) is 8.68. The van der Waals surface area contributed by atoms with Crippen molar-refractivity contribution in [3.8, 4) is 28.5 Å². The predicted molar refractivity (Wildman–Crippen MR) is 135 cm³/mol. The molecule has 1 aliphatic heterocycles. The summed E-state index contributed by atoms with van der Waals surface area (Å²) in [5.41, 5.74) is 5.22. The lowest BCUT2D eigenvalue weighted by Gasteiger charge is -2.29. The minimum Gasteiger partial charge on any atom is -0.303 e. The maximum absolute atomic E-state index is 12.3. The molecule has 0 saturated carbocycles. The van der Waals surface area contributed by atoms with Crippen LogP contribution in [0.15, 0.2) is 81.9 Å². The van der Waals surface area contributed by atoms with Gasteiger partial charge in [-0.05, 0) is 43.3 Å². The van der Waals surface area contributed by atoms with E-state index < -0.39 is 0 Å². The van der Waals surface area contributed by atoms with Gasteiger partial charge in [-0.1, -0.05) is 47.7 Å². The highest BCUT2D eigenvalue weighted by molar-refractivity contribution is 5.83. The van der Waals surface area contributed by atoms with E-state index in [1.54, 1.807) is 0 Å². The van der Waals surface area contributed by atoms with E-state index in [0.717, 1.165) is 54.3 Å². The van der Waals surface area contributed by atoms with E-state index >= 15 is 0 Å². The zero-order valence-electron chi connectivity index (χ0n) is 19.7. The molecule has 8 nitrogen and oxygen atoms in total. The number of pyridine rings is 1. The Hall–Kier alpha value is -4.35. The van der Waals surface area contributed by atoms with Crippen molar-refractivity contribution in [3.63, 3.8) is 0 Å². The lowest BCUT2D eigenvalue weighted by molar-refractivity contribution is 0.150. The van der Waals surface area contributed by atoms with Gasteiger partial charge in [-0.3, -0.25) is 14.2 Å². The van der Waals surface area contributed by atoms with E-state index in [2.05, 4.69) is 33.3 Å². The number of aromatic nitrogens is 2. The molecule has 4 aromatic rings. The number of fused-ring (bicyclic) bond motifs is 1. The van der Waals surface area contributed by atoms with Crippen LogP contribution in [0.3, 0.4) is 0 Å². The summed E-state index contributed by atoms with van der Waals surface area (Å²) in [6, 6.07) is 23.2. The van der Waals surface area contributed by atoms with Gasteiger partial charge < -0.3 is 4.90 Å². The molecule has 2 aromatic heterocycles. The summed E-state index contributed by atoms with van der Waals surface area (Å²) in [5.74, 6) is 0. The van der Waals surface area contributed by atoms with Crippen LogP contribution in [0, 0.1) is 18.3 Å². The van der Waals surface area contributed by atoms with Crippen LogP contribution in [-0.2, 0) is 0 Å². The van der Waals surface area contributed by atoms with Crippen molar-refractivity contribution >= 4 is 11.3 Å². The molecule has 0 N–H and O–H groups in total. The monoisotopic (exact) mass is 463 g/mol. The van der Waals surface area contributed by atoms with Crippen LogP contribution in [0.25, 0.3) is 28.0 Å². The molecule has 0 bridgehead atoms. The highest BCUT2D eigenvalue weighted by Crippen LogP contribution is 2.33. The molecule has 0 radical (unpaired) electrons. The number of piperazine rings is 1. The van der Waals surface area contributed by atoms with E-state index in [0.29, 0.717) is 16.9 Å². The third-order valence-electron chi connectivity index (χ3n) is 6.25. The molecule has 8 heteroatoms. The van der Waals surface area contributed by atoms with Gasteiger partial charge in [0.2, 0.25) is 0 Å². The molecule has 3 heterocycles. The molecule has 1 aliphatic rings. The lowest BCUT2D eigenvalue weighted by Crippen LogP contribution is -2.41. The van der Waals surface area contributed by atoms with Crippen LogP contribution >= 0.6 is 0 Å². The third-order valence-corrected chi connectivity index (χ3v) is 6.25. The topological polar surface area (TPSA) is 89.4 Å². The van der Waals surface area contributed by atoms with Crippen LogP contribution in [0.1, 0.15) is 11.3 Å². The van der Waals surface area contributed by atoms with E-state index in [4.69, 9.17) is 0 Å². The Morgan fingerprint density at radius 1 is 0.943 bits per heavy atom. The van der Waals surface area contributed by atoms with Crippen LogP contribution in [0.5, 0.6) is 0 Å². The van der Waals surface area contributed by atoms with E-state index in [9.17, 15) is 10.1 Å². The fraction of sp³-hybridized carbons (Fsp3) is 0.222. The van der Waals surface area contributed by atoms with Crippen molar-refractivity contribution in [1.82, 2.24) is 19.3 Å². The first-order valence-electron chi connectivity index (χ1n) is 11.5. The summed E-state index contributed by atoms with van der Waals surface area (Å²) in [6.45, 7) is 5.53. The fourth-order valence-corrected chi connectivity index (χ4v) is 4.33. The quantitative estimate of drug-likeness (QED) is 0.417. The summed E-state index contributed by atoms with van der Waals surface area (Å²) in [6.07, 6.45) is 0. The first kappa shape index (κ1) is 22.4. The van der Waals surface area contributed by atoms with Crippen molar-refractivity contribution < 1.29 is 0 Å². The Kier molecular flexibility index (Phi) is 6.08. The van der Waals surface area contributed by atoms with E-state index in [1.165, 1.54) is 6.07 Å². The average molecular weight is 464 g/mol. The molecule has 0 unspecified atom stereocenters. The van der Waals surface area contributed by atoms with Crippen molar-refractivity contribution in [3.05, 3.63) is 88.3 Å². The molecule has 2 aromatic carbocycles. The summed E-state index contributed by atoms with van der Waals surface area (Å²) in [7, 11) is 2.11. The molecule has 35 heavy (non-hydrogen) atoms. The number of hydrogen-bond donors (Lipinski definition) is 0. The molecule has 0 aliphatic carbocycles. The molecule has 0 spiro atoms. The van der Waals surface area contributed by atoms with Crippen molar-refractivity contribution in [2.45, 2.75) is 6.92 Å². The SMILES string of the molecule is Cc1cc(=O)nc2c(C#N)c(-c3ccccc3)cc(-c3ccc(N=NN4CCN(C)CC4)cc3)n12. The molecule has 174 valence electrons. The highest BCUT2D eigenvalue weighted by Gasteiger charge is 2.17. The minimum absolute atomic E-state index is 0.354. The zero-order valence-corrected chi connectivity index (χ0v) is 19.7. The maximum Gasteiger partial charge on any atom is 0.273 e. The van der Waals surface area contributed by atoms with Crippen molar-refractivity contribution in [1.29, 1.82) is 5.26 Å². The van der Waals surface area contributed by atoms with Gasteiger partial charge in [0.05, 0.1) is 24.5 Å². The highest BCUT2D eigenvalue weighted by atomic mass is 16.1. The van der Waals surface area contributed by atoms with Crippen LogP contribution in [-0.4, -0.2) is 52.5 Å². The Bertz CT molecular complexity index is 1490. The summed E-state index contributed by atoms with van der Waals surface area (Å²) >= 11 is 0. The Balaban J connectivity index is 1.60. The average Bonchev–Trinajstić information content (AvgIpc) is 2.88. The summed E-state index contributed by atoms with van der Waals surface area (Å²) in [4.78, 5) is 18.8. The van der Waals surface area contributed by atoms with E-state index in [-0.39, 0.29) is 5.56 Å². The molecular formula is C27H25N7O. The number of benzene rings is 2. The first-order chi connectivity index (χ1) is 17.0. The number of hydrogen-bond acceptors (Lipinski definition) is 6. The number of aryl methyl sites for hydroxylation is 1. The summed E-state index contributed by atoms with van der Waals surface area (Å²) in [5, 5.41) is 20.8. The van der Waals surface area contributed by atoms with Gasteiger partial charge in [0.15, 0.2) is 5.65 Å². The lowest BCUT2D eigenvalue weighted by atomic mass is 9.98. The molecule has 0 amide bonds. The summed E-state index contributed by atoms with van der Waals surface area (Å²) < 4.78 is 1.87. The minimum atomic E-state index is -0.366. The van der Waals surface area contributed by atoms with Gasteiger partial charge in [-0.2, -0.15) is 10.2 Å². The van der Waals surface area contributed by atoms with Crippen molar-refractivity contribution in [2.75, 3.05) is 33.2 Å². The molecule has 1 fully saturated rings. The smallest absolute Gasteiger partial charge is 0.273 e. The van der Waals surface area contributed by atoms with Crippen LogP contribution < -0.4 is 5.56 Å². The van der Waals surface area contributed by atoms with Gasteiger partial charge in [0.25, 0.3) is 5.56 Å². The first-order valence-corrected chi connectivity index (χ1v) is 11.5. The second-order valence-corrected chi connectivity index (χ2v) is 8.68. The van der Waals surface area contributed by atoms with Crippen molar-refractivity contribution in [2.24, 2.45) is 10.3 Å². The largest absolute Gasteiger partial charge is 0.303 e.